The summed E-state index contributed by atoms with van der Waals surface area (Å²) in [7, 11) is 0. The molecule has 2 atom stereocenters. The molecule has 3 nitrogen and oxygen atoms in total. The lowest BCUT2D eigenvalue weighted by molar-refractivity contribution is -0.144. The van der Waals surface area contributed by atoms with Crippen molar-refractivity contribution < 1.29 is 14.6 Å². The molecule has 0 radical (unpaired) electrons. The first-order chi connectivity index (χ1) is 10.9. The Morgan fingerprint density at radius 3 is 2.43 bits per heavy atom. The second-order valence-corrected chi connectivity index (χ2v) is 8.62. The molecule has 0 heterocycles. The summed E-state index contributed by atoms with van der Waals surface area (Å²) in [6, 6.07) is 8.77. The normalized spacial score (nSPS) is 22.6. The Balaban J connectivity index is 2.03. The van der Waals surface area contributed by atoms with Gasteiger partial charge in [-0.3, -0.25) is 0 Å². The Labute approximate surface area is 143 Å². The lowest BCUT2D eigenvalue weighted by atomic mass is 9.87. The Hall–Kier alpha value is -1.00. The summed E-state index contributed by atoms with van der Waals surface area (Å²) in [5.41, 5.74) is 1.50. The average Bonchev–Trinajstić information content (AvgIpc) is 2.70. The molecule has 23 heavy (non-hydrogen) atoms. The predicted octanol–water partition coefficient (Wildman–Crippen LogP) is 4.88. The minimum absolute atomic E-state index is 0.0425. The fraction of sp³-hybridized carbons (Fsp3) is 0.632. The second kappa shape index (κ2) is 8.20. The summed E-state index contributed by atoms with van der Waals surface area (Å²) in [6.07, 6.45) is 5.64. The van der Waals surface area contributed by atoms with Gasteiger partial charge >= 0.3 is 5.97 Å². The van der Waals surface area contributed by atoms with Crippen molar-refractivity contribution in [2.75, 3.05) is 6.61 Å². The number of carboxylic acids is 1. The molecule has 1 saturated carbocycles. The maximum Gasteiger partial charge on any atom is 0.329 e. The van der Waals surface area contributed by atoms with Gasteiger partial charge < -0.3 is 9.84 Å². The molecule has 1 aromatic carbocycles. The smallest absolute Gasteiger partial charge is 0.329 e. The van der Waals surface area contributed by atoms with Gasteiger partial charge in [0.25, 0.3) is 0 Å². The summed E-state index contributed by atoms with van der Waals surface area (Å²) in [5.74, 6) is -0.882. The zero-order valence-corrected chi connectivity index (χ0v) is 15.2. The molecular formula is C19H28O3S. The molecule has 1 aliphatic rings. The van der Waals surface area contributed by atoms with Gasteiger partial charge in [-0.25, -0.2) is 4.79 Å². The largest absolute Gasteiger partial charge is 0.480 e. The van der Waals surface area contributed by atoms with Gasteiger partial charge in [-0.2, -0.15) is 0 Å². The highest BCUT2D eigenvalue weighted by molar-refractivity contribution is 8.00. The molecule has 0 aromatic heterocycles. The highest BCUT2D eigenvalue weighted by Crippen LogP contribution is 2.35. The van der Waals surface area contributed by atoms with Gasteiger partial charge in [-0.15, -0.1) is 11.8 Å². The minimum atomic E-state index is -0.882. The highest BCUT2D eigenvalue weighted by atomic mass is 32.2. The van der Waals surface area contributed by atoms with Crippen LogP contribution >= 0.6 is 11.8 Å². The van der Waals surface area contributed by atoms with E-state index in [2.05, 4.69) is 45.0 Å². The molecule has 1 aromatic rings. The third kappa shape index (κ3) is 5.85. The molecule has 0 spiro atoms. The molecule has 1 aliphatic carbocycles. The van der Waals surface area contributed by atoms with Crippen molar-refractivity contribution >= 4 is 17.7 Å². The molecule has 0 amide bonds. The zero-order valence-electron chi connectivity index (χ0n) is 14.4. The fourth-order valence-electron chi connectivity index (χ4n) is 2.95. The van der Waals surface area contributed by atoms with Crippen molar-refractivity contribution in [1.29, 1.82) is 0 Å². The average molecular weight is 336 g/mol. The van der Waals surface area contributed by atoms with Crippen LogP contribution in [0.5, 0.6) is 0 Å². The van der Waals surface area contributed by atoms with Gasteiger partial charge in [0.1, 0.15) is 6.61 Å². The van der Waals surface area contributed by atoms with E-state index in [0.717, 1.165) is 19.3 Å². The predicted molar refractivity (Wildman–Crippen MR) is 95.2 cm³/mol. The lowest BCUT2D eigenvalue weighted by Crippen LogP contribution is -2.27. The van der Waals surface area contributed by atoms with Crippen molar-refractivity contribution in [1.82, 2.24) is 0 Å². The first-order valence-corrected chi connectivity index (χ1v) is 9.35. The standard InChI is InChI=1S/C19H28O3S/c1-19(2,3)14-9-11-15(12-10-14)23-17-8-6-4-5-7-16(17)22-13-18(20)21/h9-12,16-17H,4-8,13H2,1-3H3,(H,20,21)/t16-,17-/m1/s1. The van der Waals surface area contributed by atoms with E-state index in [1.54, 1.807) is 0 Å². The molecule has 0 aliphatic heterocycles. The number of carboxylic acid groups (broad SMARTS) is 1. The first kappa shape index (κ1) is 18.3. The van der Waals surface area contributed by atoms with Crippen LogP contribution in [0, 0.1) is 0 Å². The number of aliphatic carboxylic acids is 1. The Kier molecular flexibility index (Phi) is 6.54. The van der Waals surface area contributed by atoms with Crippen LogP contribution in [-0.2, 0) is 14.9 Å². The molecule has 1 fully saturated rings. The molecule has 0 bridgehead atoms. The van der Waals surface area contributed by atoms with Crippen LogP contribution in [0.25, 0.3) is 0 Å². The lowest BCUT2D eigenvalue weighted by Gasteiger charge is -2.25. The minimum Gasteiger partial charge on any atom is -0.480 e. The molecule has 4 heteroatoms. The van der Waals surface area contributed by atoms with E-state index in [1.807, 2.05) is 11.8 Å². The summed E-state index contributed by atoms with van der Waals surface area (Å²) in [5, 5.41) is 9.21. The maximum atomic E-state index is 10.8. The molecular weight excluding hydrogens is 308 g/mol. The number of ether oxygens (including phenoxy) is 1. The number of benzene rings is 1. The molecule has 0 saturated heterocycles. The van der Waals surface area contributed by atoms with Crippen molar-refractivity contribution in [3.05, 3.63) is 29.8 Å². The van der Waals surface area contributed by atoms with E-state index >= 15 is 0 Å². The Bertz CT molecular complexity index is 504. The summed E-state index contributed by atoms with van der Waals surface area (Å²) in [6.45, 7) is 6.47. The van der Waals surface area contributed by atoms with E-state index < -0.39 is 5.97 Å². The van der Waals surface area contributed by atoms with E-state index in [4.69, 9.17) is 9.84 Å². The quantitative estimate of drug-likeness (QED) is 0.779. The molecule has 128 valence electrons. The summed E-state index contributed by atoms with van der Waals surface area (Å²) < 4.78 is 5.67. The van der Waals surface area contributed by atoms with Gasteiger partial charge in [0.15, 0.2) is 0 Å². The molecule has 0 unspecified atom stereocenters. The van der Waals surface area contributed by atoms with Crippen LogP contribution in [0.2, 0.25) is 0 Å². The van der Waals surface area contributed by atoms with E-state index in [-0.39, 0.29) is 18.1 Å². The van der Waals surface area contributed by atoms with Crippen LogP contribution < -0.4 is 0 Å². The third-order valence-corrected chi connectivity index (χ3v) is 5.71. The third-order valence-electron chi connectivity index (χ3n) is 4.32. The van der Waals surface area contributed by atoms with E-state index in [0.29, 0.717) is 5.25 Å². The van der Waals surface area contributed by atoms with Gasteiger partial charge in [-0.1, -0.05) is 52.2 Å². The van der Waals surface area contributed by atoms with Crippen molar-refractivity contribution in [2.24, 2.45) is 0 Å². The van der Waals surface area contributed by atoms with Gasteiger partial charge in [-0.05, 0) is 36.0 Å². The van der Waals surface area contributed by atoms with Crippen molar-refractivity contribution in [2.45, 2.75) is 74.5 Å². The number of hydrogen-bond acceptors (Lipinski definition) is 3. The summed E-state index contributed by atoms with van der Waals surface area (Å²) >= 11 is 1.84. The molecule has 1 N–H and O–H groups in total. The van der Waals surface area contributed by atoms with Gasteiger partial charge in [0, 0.05) is 10.1 Å². The van der Waals surface area contributed by atoms with Crippen LogP contribution in [0.3, 0.4) is 0 Å². The topological polar surface area (TPSA) is 46.5 Å². The summed E-state index contributed by atoms with van der Waals surface area (Å²) in [4.78, 5) is 12.0. The van der Waals surface area contributed by atoms with Crippen LogP contribution in [0.15, 0.2) is 29.2 Å². The van der Waals surface area contributed by atoms with Gasteiger partial charge in [0.05, 0.1) is 6.10 Å². The number of carbonyl (C=O) groups is 1. The number of rotatable bonds is 5. The SMILES string of the molecule is CC(C)(C)c1ccc(S[C@@H]2CCCCC[C@H]2OCC(=O)O)cc1. The van der Waals surface area contributed by atoms with Crippen LogP contribution in [-0.4, -0.2) is 29.0 Å². The zero-order chi connectivity index (χ0) is 16.9. The Morgan fingerprint density at radius 1 is 1.17 bits per heavy atom. The van der Waals surface area contributed by atoms with Crippen molar-refractivity contribution in [3.63, 3.8) is 0 Å². The van der Waals surface area contributed by atoms with Crippen LogP contribution in [0.4, 0.5) is 0 Å². The van der Waals surface area contributed by atoms with E-state index in [9.17, 15) is 4.79 Å². The monoisotopic (exact) mass is 336 g/mol. The fourth-order valence-corrected chi connectivity index (χ4v) is 4.25. The number of thioether (sulfide) groups is 1. The van der Waals surface area contributed by atoms with E-state index in [1.165, 1.54) is 23.3 Å². The van der Waals surface area contributed by atoms with Crippen molar-refractivity contribution in [3.8, 4) is 0 Å². The number of hydrogen-bond donors (Lipinski definition) is 1. The second-order valence-electron chi connectivity index (χ2n) is 7.31. The van der Waals surface area contributed by atoms with Gasteiger partial charge in [0.2, 0.25) is 0 Å². The molecule has 2 rings (SSSR count). The maximum absolute atomic E-state index is 10.8. The first-order valence-electron chi connectivity index (χ1n) is 8.47. The Morgan fingerprint density at radius 2 is 1.83 bits per heavy atom. The highest BCUT2D eigenvalue weighted by Gasteiger charge is 2.26. The van der Waals surface area contributed by atoms with Crippen LogP contribution in [0.1, 0.15) is 58.4 Å².